The molecule has 0 aromatic carbocycles. The van der Waals surface area contributed by atoms with Crippen LogP contribution in [0.4, 0.5) is 4.79 Å². The van der Waals surface area contributed by atoms with Crippen LogP contribution >= 0.6 is 12.4 Å². The first kappa shape index (κ1) is 21.0. The second-order valence-corrected chi connectivity index (χ2v) is 8.02. The second-order valence-electron chi connectivity index (χ2n) is 8.02. The van der Waals surface area contributed by atoms with Crippen LogP contribution in [-0.2, 0) is 9.59 Å². The SMILES string of the molecule is CC(N)C1CCN(C(=O)CN2C(=O)NC3(CCCCC3C)C2=O)CC1.Cl. The molecule has 1 saturated carbocycles. The van der Waals surface area contributed by atoms with Gasteiger partial charge in [0, 0.05) is 19.1 Å². The average Bonchev–Trinajstić information content (AvgIpc) is 2.82. The number of hydrogen-bond acceptors (Lipinski definition) is 4. The van der Waals surface area contributed by atoms with Crippen molar-refractivity contribution in [3.8, 4) is 0 Å². The van der Waals surface area contributed by atoms with Crippen molar-refractivity contribution in [3.05, 3.63) is 0 Å². The van der Waals surface area contributed by atoms with Crippen LogP contribution in [0.15, 0.2) is 0 Å². The Morgan fingerprint density at radius 3 is 2.50 bits per heavy atom. The summed E-state index contributed by atoms with van der Waals surface area (Å²) in [7, 11) is 0. The zero-order valence-corrected chi connectivity index (χ0v) is 16.5. The van der Waals surface area contributed by atoms with Crippen molar-refractivity contribution in [3.63, 3.8) is 0 Å². The van der Waals surface area contributed by atoms with Gasteiger partial charge in [0.2, 0.25) is 5.91 Å². The zero-order chi connectivity index (χ0) is 18.2. The van der Waals surface area contributed by atoms with Gasteiger partial charge in [-0.25, -0.2) is 4.79 Å². The Kier molecular flexibility index (Phi) is 6.55. The van der Waals surface area contributed by atoms with Crippen molar-refractivity contribution in [1.29, 1.82) is 0 Å². The lowest BCUT2D eigenvalue weighted by molar-refractivity contribution is -0.141. The Hall–Kier alpha value is -1.34. The molecule has 3 N–H and O–H groups in total. The van der Waals surface area contributed by atoms with Crippen molar-refractivity contribution in [2.45, 2.75) is 64.0 Å². The molecule has 0 bridgehead atoms. The molecule has 4 amide bonds. The van der Waals surface area contributed by atoms with E-state index in [-0.39, 0.29) is 42.7 Å². The fourth-order valence-electron chi connectivity index (χ4n) is 4.55. The maximum absolute atomic E-state index is 12.9. The fraction of sp³-hybridized carbons (Fsp3) is 0.833. The molecule has 7 nitrogen and oxygen atoms in total. The standard InChI is InChI=1S/C18H30N4O3.ClH/c1-12-5-3-4-8-18(12)16(24)22(17(25)20-18)11-15(23)21-9-6-14(7-10-21)13(2)19;/h12-14H,3-11,19H2,1-2H3,(H,20,25);1H. The molecule has 3 atom stereocenters. The van der Waals surface area contributed by atoms with E-state index in [2.05, 4.69) is 5.32 Å². The summed E-state index contributed by atoms with van der Waals surface area (Å²) in [5.74, 6) is 0.183. The zero-order valence-electron chi connectivity index (χ0n) is 15.7. The molecule has 3 aliphatic rings. The van der Waals surface area contributed by atoms with Crippen LogP contribution in [0, 0.1) is 11.8 Å². The summed E-state index contributed by atoms with van der Waals surface area (Å²) in [6, 6.07) is -0.284. The minimum absolute atomic E-state index is 0. The van der Waals surface area contributed by atoms with Gasteiger partial charge in [-0.1, -0.05) is 19.8 Å². The van der Waals surface area contributed by atoms with Crippen LogP contribution in [0.2, 0.25) is 0 Å². The minimum atomic E-state index is -0.794. The summed E-state index contributed by atoms with van der Waals surface area (Å²) in [6.07, 6.45) is 5.37. The van der Waals surface area contributed by atoms with Crippen LogP contribution in [0.1, 0.15) is 52.4 Å². The smallest absolute Gasteiger partial charge is 0.325 e. The lowest BCUT2D eigenvalue weighted by atomic mass is 9.73. The van der Waals surface area contributed by atoms with E-state index in [1.807, 2.05) is 13.8 Å². The molecule has 0 radical (unpaired) electrons. The molecule has 148 valence electrons. The molecule has 8 heteroatoms. The van der Waals surface area contributed by atoms with Gasteiger partial charge in [0.15, 0.2) is 0 Å². The molecule has 3 unspecified atom stereocenters. The first-order chi connectivity index (χ1) is 11.8. The van der Waals surface area contributed by atoms with E-state index < -0.39 is 11.6 Å². The number of piperidine rings is 1. The van der Waals surface area contributed by atoms with Crippen LogP contribution in [-0.4, -0.2) is 58.9 Å². The van der Waals surface area contributed by atoms with Crippen molar-refractivity contribution >= 4 is 30.3 Å². The highest BCUT2D eigenvalue weighted by Crippen LogP contribution is 2.38. The number of carbonyl (C=O) groups excluding carboxylic acids is 3. The number of nitrogens with two attached hydrogens (primary N) is 1. The first-order valence-corrected chi connectivity index (χ1v) is 9.52. The number of hydrogen-bond donors (Lipinski definition) is 2. The quantitative estimate of drug-likeness (QED) is 0.718. The summed E-state index contributed by atoms with van der Waals surface area (Å²) in [5.41, 5.74) is 5.15. The number of imide groups is 1. The summed E-state index contributed by atoms with van der Waals surface area (Å²) >= 11 is 0. The first-order valence-electron chi connectivity index (χ1n) is 9.52. The Balaban J connectivity index is 0.00000243. The molecule has 26 heavy (non-hydrogen) atoms. The number of urea groups is 1. The Morgan fingerprint density at radius 1 is 1.27 bits per heavy atom. The van der Waals surface area contributed by atoms with E-state index in [1.165, 1.54) is 0 Å². The topological polar surface area (TPSA) is 95.7 Å². The van der Waals surface area contributed by atoms with Crippen molar-refractivity contribution in [2.75, 3.05) is 19.6 Å². The minimum Gasteiger partial charge on any atom is -0.341 e. The number of nitrogens with zero attached hydrogens (tertiary/aromatic N) is 2. The highest BCUT2D eigenvalue weighted by molar-refractivity contribution is 6.09. The van der Waals surface area contributed by atoms with Crippen molar-refractivity contribution < 1.29 is 14.4 Å². The monoisotopic (exact) mass is 386 g/mol. The molecule has 2 saturated heterocycles. The van der Waals surface area contributed by atoms with E-state index in [9.17, 15) is 14.4 Å². The predicted molar refractivity (Wildman–Crippen MR) is 101 cm³/mol. The Bertz CT molecular complexity index is 563. The largest absolute Gasteiger partial charge is 0.341 e. The van der Waals surface area contributed by atoms with Gasteiger partial charge in [0.25, 0.3) is 5.91 Å². The van der Waals surface area contributed by atoms with Gasteiger partial charge in [0.05, 0.1) is 0 Å². The lowest BCUT2D eigenvalue weighted by Crippen LogP contribution is -2.54. The van der Waals surface area contributed by atoms with E-state index >= 15 is 0 Å². The molecule has 2 heterocycles. The summed E-state index contributed by atoms with van der Waals surface area (Å²) in [5, 5.41) is 2.90. The number of halogens is 1. The number of carbonyl (C=O) groups is 3. The third kappa shape index (κ3) is 3.69. The summed E-state index contributed by atoms with van der Waals surface area (Å²) in [6.45, 7) is 5.16. The maximum Gasteiger partial charge on any atom is 0.325 e. The van der Waals surface area contributed by atoms with Gasteiger partial charge in [-0.3, -0.25) is 14.5 Å². The van der Waals surface area contributed by atoms with E-state index in [0.29, 0.717) is 25.4 Å². The fourth-order valence-corrected chi connectivity index (χ4v) is 4.55. The van der Waals surface area contributed by atoms with Crippen LogP contribution < -0.4 is 11.1 Å². The maximum atomic E-state index is 12.9. The predicted octanol–water partition coefficient (Wildman–Crippen LogP) is 1.49. The average molecular weight is 387 g/mol. The van der Waals surface area contributed by atoms with Crippen LogP contribution in [0.3, 0.4) is 0 Å². The highest BCUT2D eigenvalue weighted by Gasteiger charge is 2.55. The molecule has 1 spiro atoms. The summed E-state index contributed by atoms with van der Waals surface area (Å²) < 4.78 is 0. The molecule has 3 rings (SSSR count). The van der Waals surface area contributed by atoms with Crippen LogP contribution in [0.5, 0.6) is 0 Å². The molecular formula is C18H31ClN4O3. The highest BCUT2D eigenvalue weighted by atomic mass is 35.5. The Morgan fingerprint density at radius 2 is 1.92 bits per heavy atom. The van der Waals surface area contributed by atoms with Crippen LogP contribution in [0.25, 0.3) is 0 Å². The van der Waals surface area contributed by atoms with E-state index in [4.69, 9.17) is 5.73 Å². The third-order valence-corrected chi connectivity index (χ3v) is 6.43. The number of amides is 4. The van der Waals surface area contributed by atoms with Crippen molar-refractivity contribution in [2.24, 2.45) is 17.6 Å². The molecule has 1 aliphatic carbocycles. The number of rotatable bonds is 3. The van der Waals surface area contributed by atoms with E-state index in [1.54, 1.807) is 4.90 Å². The molecule has 2 aliphatic heterocycles. The molecule has 0 aromatic heterocycles. The van der Waals surface area contributed by atoms with Crippen molar-refractivity contribution in [1.82, 2.24) is 15.1 Å². The molecule has 3 fully saturated rings. The van der Waals surface area contributed by atoms with E-state index in [0.717, 1.165) is 37.0 Å². The lowest BCUT2D eigenvalue weighted by Gasteiger charge is -2.37. The van der Waals surface area contributed by atoms with Gasteiger partial charge in [-0.05, 0) is 44.4 Å². The van der Waals surface area contributed by atoms with Gasteiger partial charge < -0.3 is 16.0 Å². The normalized spacial score (nSPS) is 31.0. The van der Waals surface area contributed by atoms with Gasteiger partial charge in [-0.2, -0.15) is 0 Å². The number of nitrogens with one attached hydrogen (secondary N) is 1. The number of likely N-dealkylation sites (tertiary alicyclic amines) is 1. The molecular weight excluding hydrogens is 356 g/mol. The second kappa shape index (κ2) is 8.13. The summed E-state index contributed by atoms with van der Waals surface area (Å²) in [4.78, 5) is 40.8. The third-order valence-electron chi connectivity index (χ3n) is 6.43. The van der Waals surface area contributed by atoms with Gasteiger partial charge in [0.1, 0.15) is 12.1 Å². The Labute approximate surface area is 161 Å². The van der Waals surface area contributed by atoms with Gasteiger partial charge in [-0.15, -0.1) is 12.4 Å². The van der Waals surface area contributed by atoms with Gasteiger partial charge >= 0.3 is 6.03 Å². The molecule has 0 aromatic rings.